The monoisotopic (exact) mass is 443 g/mol. The lowest BCUT2D eigenvalue weighted by molar-refractivity contribution is -0.127. The number of esters is 1. The summed E-state index contributed by atoms with van der Waals surface area (Å²) in [6.45, 7) is 2.05. The summed E-state index contributed by atoms with van der Waals surface area (Å²) in [5, 5.41) is 12.5. The number of fused-ring (bicyclic) bond motifs is 1. The standard InChI is InChI=1S/C19H24BF2NO8/c1-3-4-8-28-18(26)30-11-29-17(25)13-7-5-6-12-9-14(20(27)31-16(12)13)23-15(24)10-19(2,21)22/h5-7,14,27H,3-4,8-11H2,1-2H3,(H,23,24). The average molecular weight is 443 g/mol. The molecule has 0 spiro atoms. The zero-order chi connectivity index (χ0) is 23.0. The summed E-state index contributed by atoms with van der Waals surface area (Å²) in [6, 6.07) is 4.49. The van der Waals surface area contributed by atoms with Crippen LogP contribution in [-0.4, -0.2) is 55.4 Å². The van der Waals surface area contributed by atoms with E-state index in [1.165, 1.54) is 12.1 Å². The first kappa shape index (κ1) is 24.4. The fourth-order valence-electron chi connectivity index (χ4n) is 2.80. The quantitative estimate of drug-likeness (QED) is 0.258. The predicted molar refractivity (Wildman–Crippen MR) is 104 cm³/mol. The minimum Gasteiger partial charge on any atom is -0.534 e. The van der Waals surface area contributed by atoms with Crippen molar-refractivity contribution in [1.82, 2.24) is 5.32 Å². The molecule has 1 aromatic carbocycles. The second-order valence-electron chi connectivity index (χ2n) is 7.07. The van der Waals surface area contributed by atoms with Gasteiger partial charge in [-0.15, -0.1) is 0 Å². The third-order valence-electron chi connectivity index (χ3n) is 4.24. The van der Waals surface area contributed by atoms with E-state index in [1.54, 1.807) is 6.07 Å². The summed E-state index contributed by atoms with van der Waals surface area (Å²) in [7, 11) is -1.57. The molecular formula is C19H24BF2NO8. The minimum atomic E-state index is -3.19. The van der Waals surface area contributed by atoms with Crippen LogP contribution in [0.4, 0.5) is 13.6 Å². The minimum absolute atomic E-state index is 0.0249. The van der Waals surface area contributed by atoms with E-state index in [-0.39, 0.29) is 24.3 Å². The second-order valence-corrected chi connectivity index (χ2v) is 7.07. The normalized spacial score (nSPS) is 15.4. The van der Waals surface area contributed by atoms with Crippen LogP contribution in [0.25, 0.3) is 0 Å². The van der Waals surface area contributed by atoms with Gasteiger partial charge in [-0.25, -0.2) is 18.4 Å². The molecule has 0 saturated carbocycles. The molecular weight excluding hydrogens is 419 g/mol. The summed E-state index contributed by atoms with van der Waals surface area (Å²) in [5.41, 5.74) is 0.414. The zero-order valence-electron chi connectivity index (χ0n) is 17.2. The van der Waals surface area contributed by atoms with E-state index >= 15 is 0 Å². The van der Waals surface area contributed by atoms with E-state index in [2.05, 4.69) is 10.1 Å². The Labute approximate surface area is 178 Å². The van der Waals surface area contributed by atoms with Gasteiger partial charge >= 0.3 is 19.2 Å². The van der Waals surface area contributed by atoms with Crippen LogP contribution >= 0.6 is 0 Å². The molecule has 2 rings (SSSR count). The highest BCUT2D eigenvalue weighted by Crippen LogP contribution is 2.31. The van der Waals surface area contributed by atoms with E-state index in [9.17, 15) is 28.2 Å². The van der Waals surface area contributed by atoms with Crippen LogP contribution < -0.4 is 9.97 Å². The Kier molecular flexibility index (Phi) is 8.60. The van der Waals surface area contributed by atoms with Gasteiger partial charge in [0.15, 0.2) is 0 Å². The van der Waals surface area contributed by atoms with Crippen LogP contribution in [0.1, 0.15) is 49.0 Å². The molecule has 1 aliphatic heterocycles. The van der Waals surface area contributed by atoms with Gasteiger partial charge in [0.1, 0.15) is 11.3 Å². The SMILES string of the molecule is CCCCOC(=O)OCOC(=O)c1cccc2c1OB(O)C(NC(=O)CC(C)(F)F)C2. The molecule has 1 unspecified atom stereocenters. The Morgan fingerprint density at radius 3 is 2.71 bits per heavy atom. The van der Waals surface area contributed by atoms with Crippen LogP contribution in [0.3, 0.4) is 0 Å². The molecule has 0 saturated heterocycles. The highest BCUT2D eigenvalue weighted by molar-refractivity contribution is 6.47. The number of benzene rings is 1. The molecule has 31 heavy (non-hydrogen) atoms. The van der Waals surface area contributed by atoms with Crippen LogP contribution in [-0.2, 0) is 25.4 Å². The lowest BCUT2D eigenvalue weighted by Crippen LogP contribution is -2.53. The number of para-hydroxylation sites is 1. The Balaban J connectivity index is 1.95. The van der Waals surface area contributed by atoms with Gasteiger partial charge in [0.25, 0.3) is 5.92 Å². The summed E-state index contributed by atoms with van der Waals surface area (Å²) in [5.74, 6) is -5.96. The maximum absolute atomic E-state index is 13.0. The van der Waals surface area contributed by atoms with Crippen molar-refractivity contribution in [2.75, 3.05) is 13.4 Å². The predicted octanol–water partition coefficient (Wildman–Crippen LogP) is 2.24. The molecule has 1 atom stereocenters. The number of ether oxygens (including phenoxy) is 3. The summed E-state index contributed by atoms with van der Waals surface area (Å²) < 4.78 is 45.6. The topological polar surface area (TPSA) is 120 Å². The van der Waals surface area contributed by atoms with Crippen molar-refractivity contribution in [1.29, 1.82) is 0 Å². The third-order valence-corrected chi connectivity index (χ3v) is 4.24. The molecule has 1 amide bonds. The number of carbonyl (C=O) groups excluding carboxylic acids is 3. The Hall–Kier alpha value is -2.89. The number of hydrogen-bond acceptors (Lipinski definition) is 8. The number of nitrogens with one attached hydrogen (secondary N) is 1. The van der Waals surface area contributed by atoms with Crippen molar-refractivity contribution in [2.24, 2.45) is 0 Å². The van der Waals surface area contributed by atoms with Crippen LogP contribution in [0.5, 0.6) is 5.75 Å². The Morgan fingerprint density at radius 1 is 1.29 bits per heavy atom. The van der Waals surface area contributed by atoms with Crippen molar-refractivity contribution in [3.05, 3.63) is 29.3 Å². The zero-order valence-corrected chi connectivity index (χ0v) is 17.2. The van der Waals surface area contributed by atoms with Crippen LogP contribution in [0, 0.1) is 0 Å². The molecule has 12 heteroatoms. The average Bonchev–Trinajstić information content (AvgIpc) is 2.66. The molecule has 170 valence electrons. The fourth-order valence-corrected chi connectivity index (χ4v) is 2.80. The van der Waals surface area contributed by atoms with E-state index in [1.807, 2.05) is 6.92 Å². The first-order chi connectivity index (χ1) is 14.6. The maximum atomic E-state index is 13.0. The van der Waals surface area contributed by atoms with Gasteiger partial charge in [0.05, 0.1) is 19.0 Å². The van der Waals surface area contributed by atoms with Gasteiger partial charge < -0.3 is 29.2 Å². The van der Waals surface area contributed by atoms with Gasteiger partial charge in [-0.3, -0.25) is 4.79 Å². The van der Waals surface area contributed by atoms with E-state index in [4.69, 9.17) is 14.1 Å². The second kappa shape index (κ2) is 10.9. The summed E-state index contributed by atoms with van der Waals surface area (Å²) in [4.78, 5) is 35.4. The number of rotatable bonds is 9. The third kappa shape index (κ3) is 7.70. The Morgan fingerprint density at radius 2 is 2.03 bits per heavy atom. The first-order valence-corrected chi connectivity index (χ1v) is 9.71. The fraction of sp³-hybridized carbons (Fsp3) is 0.526. The molecule has 1 heterocycles. The molecule has 0 bridgehead atoms. The lowest BCUT2D eigenvalue weighted by atomic mass is 9.72. The number of amides is 1. The Bertz CT molecular complexity index is 802. The molecule has 0 aromatic heterocycles. The van der Waals surface area contributed by atoms with Crippen molar-refractivity contribution in [3.8, 4) is 5.75 Å². The highest BCUT2D eigenvalue weighted by Gasteiger charge is 2.39. The number of halogens is 2. The number of carbonyl (C=O) groups is 3. The first-order valence-electron chi connectivity index (χ1n) is 9.71. The molecule has 0 radical (unpaired) electrons. The summed E-state index contributed by atoms with van der Waals surface area (Å²) >= 11 is 0. The van der Waals surface area contributed by atoms with Crippen LogP contribution in [0.2, 0.25) is 0 Å². The van der Waals surface area contributed by atoms with Crippen molar-refractivity contribution in [3.63, 3.8) is 0 Å². The van der Waals surface area contributed by atoms with Gasteiger partial charge in [0, 0.05) is 0 Å². The maximum Gasteiger partial charge on any atom is 0.547 e. The largest absolute Gasteiger partial charge is 0.547 e. The molecule has 9 nitrogen and oxygen atoms in total. The molecule has 1 aliphatic rings. The van der Waals surface area contributed by atoms with Crippen molar-refractivity contribution < 1.29 is 47.1 Å². The number of unbranched alkanes of at least 4 members (excludes halogenated alkanes) is 1. The molecule has 2 N–H and O–H groups in total. The summed E-state index contributed by atoms with van der Waals surface area (Å²) in [6.07, 6.45) is -0.454. The van der Waals surface area contributed by atoms with Gasteiger partial charge in [-0.1, -0.05) is 25.5 Å². The van der Waals surface area contributed by atoms with E-state index in [0.29, 0.717) is 18.9 Å². The number of alkyl halides is 2. The number of hydrogen-bond donors (Lipinski definition) is 2. The van der Waals surface area contributed by atoms with E-state index < -0.39 is 50.2 Å². The molecule has 0 aliphatic carbocycles. The lowest BCUT2D eigenvalue weighted by Gasteiger charge is -2.29. The van der Waals surface area contributed by atoms with Crippen molar-refractivity contribution in [2.45, 2.75) is 51.4 Å². The van der Waals surface area contributed by atoms with Gasteiger partial charge in [-0.05, 0) is 31.4 Å². The van der Waals surface area contributed by atoms with Crippen LogP contribution in [0.15, 0.2) is 18.2 Å². The smallest absolute Gasteiger partial charge is 0.534 e. The molecule has 1 aromatic rings. The van der Waals surface area contributed by atoms with Gasteiger partial charge in [0.2, 0.25) is 12.7 Å². The molecule has 0 fully saturated rings. The van der Waals surface area contributed by atoms with Gasteiger partial charge in [-0.2, -0.15) is 0 Å². The van der Waals surface area contributed by atoms with E-state index in [0.717, 1.165) is 6.42 Å². The van der Waals surface area contributed by atoms with Crippen molar-refractivity contribution >= 4 is 25.2 Å². The highest BCUT2D eigenvalue weighted by atomic mass is 19.3.